The summed E-state index contributed by atoms with van der Waals surface area (Å²) in [5, 5.41) is 0. The standard InChI is InChI=1S/C23H44O/c1-4-6-8-9-17-23(24-3)18-15-22(16-19-23)21-13-11-20(12-14-21)10-7-5-2/h20-22H,4-19H2,1-3H3. The SMILES string of the molecule is CCCCCCC1(OC)CCC(C2CCC(CCCC)CC2)CC1. The molecule has 24 heavy (non-hydrogen) atoms. The molecule has 0 aromatic carbocycles. The lowest BCUT2D eigenvalue weighted by molar-refractivity contribution is -0.0639. The highest BCUT2D eigenvalue weighted by Gasteiger charge is 2.38. The number of rotatable bonds is 10. The molecule has 142 valence electrons. The van der Waals surface area contributed by atoms with Crippen molar-refractivity contribution in [1.82, 2.24) is 0 Å². The lowest BCUT2D eigenvalue weighted by Crippen LogP contribution is -2.38. The third kappa shape index (κ3) is 6.04. The van der Waals surface area contributed by atoms with E-state index in [2.05, 4.69) is 13.8 Å². The zero-order valence-corrected chi connectivity index (χ0v) is 17.0. The first kappa shape index (κ1) is 20.3. The van der Waals surface area contributed by atoms with Gasteiger partial charge in [0.25, 0.3) is 0 Å². The van der Waals surface area contributed by atoms with Crippen molar-refractivity contribution in [1.29, 1.82) is 0 Å². The molecule has 1 nitrogen and oxygen atoms in total. The second-order valence-electron chi connectivity index (χ2n) is 8.96. The van der Waals surface area contributed by atoms with E-state index in [-0.39, 0.29) is 5.60 Å². The van der Waals surface area contributed by atoms with Crippen LogP contribution in [0.5, 0.6) is 0 Å². The molecule has 2 aliphatic rings. The molecule has 0 aromatic rings. The molecule has 0 saturated heterocycles. The summed E-state index contributed by atoms with van der Waals surface area (Å²) in [6, 6.07) is 0. The maximum absolute atomic E-state index is 6.06. The topological polar surface area (TPSA) is 9.23 Å². The summed E-state index contributed by atoms with van der Waals surface area (Å²) in [4.78, 5) is 0. The van der Waals surface area contributed by atoms with E-state index in [4.69, 9.17) is 4.74 Å². The molecule has 0 atom stereocenters. The Bertz CT molecular complexity index is 308. The maximum atomic E-state index is 6.06. The van der Waals surface area contributed by atoms with E-state index in [0.29, 0.717) is 0 Å². The molecule has 0 radical (unpaired) electrons. The Kier molecular flexibility index (Phi) is 9.16. The quantitative estimate of drug-likeness (QED) is 0.375. The van der Waals surface area contributed by atoms with Crippen LogP contribution in [0.1, 0.15) is 117 Å². The van der Waals surface area contributed by atoms with Gasteiger partial charge in [-0.1, -0.05) is 71.6 Å². The fraction of sp³-hybridized carbons (Fsp3) is 1.00. The molecule has 0 aliphatic heterocycles. The summed E-state index contributed by atoms with van der Waals surface area (Å²) in [6.45, 7) is 4.63. The number of hydrogen-bond acceptors (Lipinski definition) is 1. The normalized spacial score (nSPS) is 34.4. The summed E-state index contributed by atoms with van der Waals surface area (Å²) in [7, 11) is 1.97. The van der Waals surface area contributed by atoms with E-state index >= 15 is 0 Å². The summed E-state index contributed by atoms with van der Waals surface area (Å²) < 4.78 is 6.06. The van der Waals surface area contributed by atoms with Gasteiger partial charge in [-0.2, -0.15) is 0 Å². The van der Waals surface area contributed by atoms with E-state index in [1.54, 1.807) is 0 Å². The first-order valence-corrected chi connectivity index (χ1v) is 11.3. The molecule has 2 fully saturated rings. The predicted octanol–water partition coefficient (Wildman–Crippen LogP) is 7.53. The zero-order chi connectivity index (χ0) is 17.3. The number of unbranched alkanes of at least 4 members (excludes halogenated alkanes) is 4. The van der Waals surface area contributed by atoms with Crippen LogP contribution in [0.15, 0.2) is 0 Å². The van der Waals surface area contributed by atoms with Gasteiger partial charge in [0.05, 0.1) is 5.60 Å². The van der Waals surface area contributed by atoms with E-state index in [9.17, 15) is 0 Å². The van der Waals surface area contributed by atoms with Crippen molar-refractivity contribution in [2.24, 2.45) is 17.8 Å². The second-order valence-corrected chi connectivity index (χ2v) is 8.96. The van der Waals surface area contributed by atoms with Crippen LogP contribution < -0.4 is 0 Å². The van der Waals surface area contributed by atoms with Gasteiger partial charge in [0.1, 0.15) is 0 Å². The van der Waals surface area contributed by atoms with Crippen molar-refractivity contribution in [3.05, 3.63) is 0 Å². The lowest BCUT2D eigenvalue weighted by atomic mass is 9.67. The van der Waals surface area contributed by atoms with Crippen LogP contribution in [0.3, 0.4) is 0 Å². The number of ether oxygens (including phenoxy) is 1. The van der Waals surface area contributed by atoms with E-state index in [1.165, 1.54) is 103 Å². The van der Waals surface area contributed by atoms with Crippen LogP contribution in [-0.4, -0.2) is 12.7 Å². The van der Waals surface area contributed by atoms with Gasteiger partial charge in [0.2, 0.25) is 0 Å². The third-order valence-electron chi connectivity index (χ3n) is 7.38. The Morgan fingerprint density at radius 3 is 1.96 bits per heavy atom. The summed E-state index contributed by atoms with van der Waals surface area (Å²) in [5.41, 5.74) is 0.239. The van der Waals surface area contributed by atoms with Crippen molar-refractivity contribution in [3.8, 4) is 0 Å². The summed E-state index contributed by atoms with van der Waals surface area (Å²) in [5.74, 6) is 3.11. The monoisotopic (exact) mass is 336 g/mol. The van der Waals surface area contributed by atoms with Crippen LogP contribution in [0.2, 0.25) is 0 Å². The smallest absolute Gasteiger partial charge is 0.0679 e. The summed E-state index contributed by atoms with van der Waals surface area (Å²) >= 11 is 0. The second kappa shape index (κ2) is 10.8. The molecule has 1 heteroatoms. The first-order valence-electron chi connectivity index (χ1n) is 11.3. The predicted molar refractivity (Wildman–Crippen MR) is 105 cm³/mol. The van der Waals surface area contributed by atoms with Gasteiger partial charge in [-0.25, -0.2) is 0 Å². The molecule has 0 amide bonds. The van der Waals surface area contributed by atoms with Crippen LogP contribution in [0.25, 0.3) is 0 Å². The average molecular weight is 337 g/mol. The lowest BCUT2D eigenvalue weighted by Gasteiger charge is -2.43. The minimum Gasteiger partial charge on any atom is -0.378 e. The zero-order valence-electron chi connectivity index (χ0n) is 17.0. The Morgan fingerprint density at radius 1 is 0.750 bits per heavy atom. The van der Waals surface area contributed by atoms with Crippen molar-refractivity contribution in [2.75, 3.05) is 7.11 Å². The Labute approximate surface area is 152 Å². The molecule has 2 rings (SSSR count). The molecule has 0 heterocycles. The molecular weight excluding hydrogens is 292 g/mol. The fourth-order valence-electron chi connectivity index (χ4n) is 5.51. The molecule has 2 saturated carbocycles. The van der Waals surface area contributed by atoms with Gasteiger partial charge in [-0.05, 0) is 62.7 Å². The minimum atomic E-state index is 0.239. The molecular formula is C23H44O. The molecule has 0 N–H and O–H groups in total. The van der Waals surface area contributed by atoms with Gasteiger partial charge in [-0.3, -0.25) is 0 Å². The van der Waals surface area contributed by atoms with Crippen molar-refractivity contribution in [2.45, 2.75) is 122 Å². The maximum Gasteiger partial charge on any atom is 0.0679 e. The van der Waals surface area contributed by atoms with Crippen LogP contribution >= 0.6 is 0 Å². The Balaban J connectivity index is 1.70. The minimum absolute atomic E-state index is 0.239. The third-order valence-corrected chi connectivity index (χ3v) is 7.38. The van der Waals surface area contributed by atoms with Crippen LogP contribution in [0.4, 0.5) is 0 Å². The highest BCUT2D eigenvalue weighted by Crippen LogP contribution is 2.45. The van der Waals surface area contributed by atoms with Gasteiger partial charge in [0, 0.05) is 7.11 Å². The molecule has 2 aliphatic carbocycles. The number of hydrogen-bond donors (Lipinski definition) is 0. The van der Waals surface area contributed by atoms with Crippen molar-refractivity contribution >= 4 is 0 Å². The van der Waals surface area contributed by atoms with E-state index in [0.717, 1.165) is 17.8 Å². The van der Waals surface area contributed by atoms with Crippen molar-refractivity contribution in [3.63, 3.8) is 0 Å². The highest BCUT2D eigenvalue weighted by molar-refractivity contribution is 4.90. The van der Waals surface area contributed by atoms with Gasteiger partial charge in [-0.15, -0.1) is 0 Å². The fourth-order valence-corrected chi connectivity index (χ4v) is 5.51. The first-order chi connectivity index (χ1) is 11.7. The summed E-state index contributed by atoms with van der Waals surface area (Å²) in [6.07, 6.45) is 22.7. The average Bonchev–Trinajstić information content (AvgIpc) is 2.64. The van der Waals surface area contributed by atoms with E-state index < -0.39 is 0 Å². The Hall–Kier alpha value is -0.0400. The largest absolute Gasteiger partial charge is 0.378 e. The van der Waals surface area contributed by atoms with Crippen LogP contribution in [-0.2, 0) is 4.74 Å². The van der Waals surface area contributed by atoms with Gasteiger partial charge >= 0.3 is 0 Å². The highest BCUT2D eigenvalue weighted by atomic mass is 16.5. The Morgan fingerprint density at radius 2 is 1.38 bits per heavy atom. The molecule has 0 unspecified atom stereocenters. The number of methoxy groups -OCH3 is 1. The van der Waals surface area contributed by atoms with Crippen LogP contribution in [0, 0.1) is 17.8 Å². The molecule has 0 aromatic heterocycles. The van der Waals surface area contributed by atoms with Gasteiger partial charge < -0.3 is 4.74 Å². The van der Waals surface area contributed by atoms with E-state index in [1.807, 2.05) is 7.11 Å². The molecule has 0 bridgehead atoms. The molecule has 0 spiro atoms. The van der Waals surface area contributed by atoms with Gasteiger partial charge in [0.15, 0.2) is 0 Å². The van der Waals surface area contributed by atoms with Crippen molar-refractivity contribution < 1.29 is 4.74 Å².